The van der Waals surface area contributed by atoms with Gasteiger partial charge in [-0.2, -0.15) is 0 Å². The van der Waals surface area contributed by atoms with E-state index in [2.05, 4.69) is 15.6 Å². The number of carbonyl (C=O) groups is 2. The van der Waals surface area contributed by atoms with E-state index < -0.39 is 6.10 Å². The number of rotatable bonds is 6. The second-order valence-electron chi connectivity index (χ2n) is 6.19. The number of aromatic nitrogens is 1. The summed E-state index contributed by atoms with van der Waals surface area (Å²) in [5.41, 5.74) is 1.29. The molecule has 0 radical (unpaired) electrons. The molecule has 1 aliphatic heterocycles. The van der Waals surface area contributed by atoms with Crippen molar-refractivity contribution < 1.29 is 14.3 Å². The highest BCUT2D eigenvalue weighted by atomic mass is 35.5. The van der Waals surface area contributed by atoms with Crippen LogP contribution >= 0.6 is 24.0 Å². The molecule has 1 aromatic carbocycles. The molecule has 2 aromatic rings. The molecule has 2 N–H and O–H groups in total. The highest BCUT2D eigenvalue weighted by molar-refractivity contribution is 6.30. The molecule has 0 aliphatic carbocycles. The van der Waals surface area contributed by atoms with Gasteiger partial charge in [-0.1, -0.05) is 30.7 Å². The van der Waals surface area contributed by atoms with Crippen LogP contribution < -0.4 is 20.3 Å². The standard InChI is InChI=1S/C19H21ClN4O3.ClH/c1-2-7-22-19(26)17-11-24(15-5-3-4-6-16(15)27-17)12-18(25)23-14-8-13(20)9-21-10-14;/h3-6,8-10,17H,2,7,11-12H2,1H3,(H,22,26)(H,23,25);1H. The largest absolute Gasteiger partial charge is 0.477 e. The fraction of sp³-hybridized carbons (Fsp3) is 0.316. The van der Waals surface area contributed by atoms with E-state index in [0.29, 0.717) is 23.0 Å². The first kappa shape index (κ1) is 21.8. The topological polar surface area (TPSA) is 83.6 Å². The lowest BCUT2D eigenvalue weighted by atomic mass is 10.1. The summed E-state index contributed by atoms with van der Waals surface area (Å²) in [5.74, 6) is 0.164. The Morgan fingerprint density at radius 2 is 2.11 bits per heavy atom. The number of nitrogens with zero attached hydrogens (tertiary/aromatic N) is 2. The molecule has 1 aromatic heterocycles. The summed E-state index contributed by atoms with van der Waals surface area (Å²) in [4.78, 5) is 30.6. The molecule has 2 amide bonds. The minimum absolute atomic E-state index is 0. The van der Waals surface area contributed by atoms with Crippen molar-refractivity contribution in [2.45, 2.75) is 19.4 Å². The third kappa shape index (κ3) is 5.50. The van der Waals surface area contributed by atoms with Gasteiger partial charge in [-0.3, -0.25) is 14.6 Å². The summed E-state index contributed by atoms with van der Waals surface area (Å²) in [6.07, 6.45) is 3.19. The maximum atomic E-state index is 12.5. The summed E-state index contributed by atoms with van der Waals surface area (Å²) in [6.45, 7) is 2.93. The van der Waals surface area contributed by atoms with Gasteiger partial charge in [-0.25, -0.2) is 0 Å². The number of hydrogen-bond acceptors (Lipinski definition) is 5. The van der Waals surface area contributed by atoms with Crippen LogP contribution in [-0.4, -0.2) is 42.5 Å². The van der Waals surface area contributed by atoms with Crippen LogP contribution in [0.4, 0.5) is 11.4 Å². The zero-order valence-corrected chi connectivity index (χ0v) is 16.9. The summed E-state index contributed by atoms with van der Waals surface area (Å²) < 4.78 is 5.82. The van der Waals surface area contributed by atoms with Gasteiger partial charge >= 0.3 is 0 Å². The van der Waals surface area contributed by atoms with Gasteiger partial charge < -0.3 is 20.3 Å². The van der Waals surface area contributed by atoms with E-state index in [1.54, 1.807) is 12.1 Å². The molecule has 9 heteroatoms. The molecule has 0 saturated heterocycles. The van der Waals surface area contributed by atoms with Crippen molar-refractivity contribution in [3.8, 4) is 5.75 Å². The molecular weight excluding hydrogens is 403 g/mol. The van der Waals surface area contributed by atoms with E-state index in [4.69, 9.17) is 16.3 Å². The Balaban J connectivity index is 0.00000280. The number of carbonyl (C=O) groups excluding carboxylic acids is 2. The van der Waals surface area contributed by atoms with Crippen LogP contribution in [0.3, 0.4) is 0 Å². The lowest BCUT2D eigenvalue weighted by molar-refractivity contribution is -0.128. The molecule has 0 fully saturated rings. The number of para-hydroxylation sites is 2. The second-order valence-corrected chi connectivity index (χ2v) is 6.62. The van der Waals surface area contributed by atoms with Crippen LogP contribution in [0.25, 0.3) is 0 Å². The van der Waals surface area contributed by atoms with Crippen LogP contribution in [0.2, 0.25) is 5.02 Å². The molecule has 0 spiro atoms. The minimum atomic E-state index is -0.674. The summed E-state index contributed by atoms with van der Waals surface area (Å²) >= 11 is 5.90. The number of fused-ring (bicyclic) bond motifs is 1. The Hall–Kier alpha value is -2.51. The van der Waals surface area contributed by atoms with Gasteiger partial charge in [0.2, 0.25) is 5.91 Å². The monoisotopic (exact) mass is 424 g/mol. The van der Waals surface area contributed by atoms with Crippen molar-refractivity contribution in [1.29, 1.82) is 0 Å². The van der Waals surface area contributed by atoms with Crippen molar-refractivity contribution in [2.24, 2.45) is 0 Å². The lowest BCUT2D eigenvalue weighted by Gasteiger charge is -2.35. The van der Waals surface area contributed by atoms with Gasteiger partial charge in [0.1, 0.15) is 5.75 Å². The summed E-state index contributed by atoms with van der Waals surface area (Å²) in [7, 11) is 0. The summed E-state index contributed by atoms with van der Waals surface area (Å²) in [6, 6.07) is 8.98. The molecule has 0 saturated carbocycles. The molecule has 2 heterocycles. The van der Waals surface area contributed by atoms with E-state index in [9.17, 15) is 9.59 Å². The average Bonchev–Trinajstić information content (AvgIpc) is 2.66. The maximum absolute atomic E-state index is 12.5. The summed E-state index contributed by atoms with van der Waals surface area (Å²) in [5, 5.41) is 6.05. The fourth-order valence-electron chi connectivity index (χ4n) is 2.81. The maximum Gasteiger partial charge on any atom is 0.262 e. The van der Waals surface area contributed by atoms with Crippen LogP contribution in [0.15, 0.2) is 42.7 Å². The quantitative estimate of drug-likeness (QED) is 0.744. The molecule has 7 nitrogen and oxygen atoms in total. The molecule has 1 unspecified atom stereocenters. The third-order valence-electron chi connectivity index (χ3n) is 4.03. The van der Waals surface area contributed by atoms with Gasteiger partial charge in [0.15, 0.2) is 6.10 Å². The Kier molecular flexibility index (Phi) is 7.90. The van der Waals surface area contributed by atoms with Gasteiger partial charge in [0.05, 0.1) is 35.7 Å². The van der Waals surface area contributed by atoms with E-state index in [-0.39, 0.29) is 37.3 Å². The van der Waals surface area contributed by atoms with Crippen LogP contribution in [0, 0.1) is 0 Å². The highest BCUT2D eigenvalue weighted by Crippen LogP contribution is 2.33. The average molecular weight is 425 g/mol. The Morgan fingerprint density at radius 3 is 2.86 bits per heavy atom. The van der Waals surface area contributed by atoms with Gasteiger partial charge in [-0.15, -0.1) is 12.4 Å². The number of amides is 2. The van der Waals surface area contributed by atoms with Crippen molar-refractivity contribution in [3.63, 3.8) is 0 Å². The Bertz CT molecular complexity index is 834. The Labute approximate surface area is 174 Å². The predicted octanol–water partition coefficient (Wildman–Crippen LogP) is 2.89. The highest BCUT2D eigenvalue weighted by Gasteiger charge is 2.31. The molecule has 0 bridgehead atoms. The minimum Gasteiger partial charge on any atom is -0.477 e. The van der Waals surface area contributed by atoms with Gasteiger partial charge in [0.25, 0.3) is 5.91 Å². The van der Waals surface area contributed by atoms with Crippen LogP contribution in [0.1, 0.15) is 13.3 Å². The van der Waals surface area contributed by atoms with Crippen LogP contribution in [-0.2, 0) is 9.59 Å². The van der Waals surface area contributed by atoms with Crippen LogP contribution in [0.5, 0.6) is 5.75 Å². The lowest BCUT2D eigenvalue weighted by Crippen LogP contribution is -2.50. The first-order valence-corrected chi connectivity index (χ1v) is 9.13. The van der Waals surface area contributed by atoms with Gasteiger partial charge in [0, 0.05) is 12.7 Å². The zero-order chi connectivity index (χ0) is 19.2. The SMILES string of the molecule is CCCNC(=O)C1CN(CC(=O)Nc2cncc(Cl)c2)c2ccccc2O1.Cl. The van der Waals surface area contributed by atoms with Crippen molar-refractivity contribution >= 4 is 47.2 Å². The van der Waals surface area contributed by atoms with Crippen molar-refractivity contribution in [3.05, 3.63) is 47.7 Å². The van der Waals surface area contributed by atoms with Crippen molar-refractivity contribution in [1.82, 2.24) is 10.3 Å². The number of benzene rings is 1. The third-order valence-corrected chi connectivity index (χ3v) is 4.23. The first-order chi connectivity index (χ1) is 13.1. The number of hydrogen-bond donors (Lipinski definition) is 2. The number of halogens is 2. The number of anilines is 2. The predicted molar refractivity (Wildman–Crippen MR) is 111 cm³/mol. The number of pyridine rings is 1. The molecular formula is C19H22Cl2N4O3. The molecule has 28 heavy (non-hydrogen) atoms. The molecule has 3 rings (SSSR count). The van der Waals surface area contributed by atoms with Gasteiger partial charge in [-0.05, 0) is 24.6 Å². The Morgan fingerprint density at radius 1 is 1.32 bits per heavy atom. The van der Waals surface area contributed by atoms with Crippen molar-refractivity contribution in [2.75, 3.05) is 29.9 Å². The first-order valence-electron chi connectivity index (χ1n) is 8.75. The smallest absolute Gasteiger partial charge is 0.262 e. The van der Waals surface area contributed by atoms with E-state index in [1.807, 2.05) is 30.0 Å². The number of ether oxygens (including phenoxy) is 1. The zero-order valence-electron chi connectivity index (χ0n) is 15.4. The molecule has 1 aliphatic rings. The van der Waals surface area contributed by atoms with E-state index >= 15 is 0 Å². The number of nitrogens with one attached hydrogen (secondary N) is 2. The normalized spacial score (nSPS) is 14.9. The second kappa shape index (κ2) is 10.1. The fourth-order valence-corrected chi connectivity index (χ4v) is 2.98. The molecule has 150 valence electrons. The van der Waals surface area contributed by atoms with E-state index in [1.165, 1.54) is 12.4 Å². The molecule has 1 atom stereocenters. The van der Waals surface area contributed by atoms with E-state index in [0.717, 1.165) is 12.1 Å².